The molecule has 9 atom stereocenters. The molecule has 0 aromatic heterocycles. The van der Waals surface area contributed by atoms with Gasteiger partial charge in [0.1, 0.15) is 12.2 Å². The first kappa shape index (κ1) is 22.0. The van der Waals surface area contributed by atoms with E-state index < -0.39 is 34.4 Å². The fourth-order valence-electron chi connectivity index (χ4n) is 8.67. The molecule has 6 nitrogen and oxygen atoms in total. The van der Waals surface area contributed by atoms with Gasteiger partial charge in [-0.05, 0) is 49.8 Å². The molecule has 0 aromatic carbocycles. The number of carbonyl (C=O) groups excluding carboxylic acids is 3. The van der Waals surface area contributed by atoms with E-state index in [9.17, 15) is 14.4 Å². The van der Waals surface area contributed by atoms with Crippen molar-refractivity contribution in [3.63, 3.8) is 0 Å². The summed E-state index contributed by atoms with van der Waals surface area (Å²) >= 11 is 0. The average Bonchev–Trinajstić information content (AvgIpc) is 3.54. The van der Waals surface area contributed by atoms with Crippen LogP contribution in [0.4, 0.5) is 0 Å². The van der Waals surface area contributed by atoms with Crippen LogP contribution in [0.1, 0.15) is 47.0 Å². The van der Waals surface area contributed by atoms with Crippen molar-refractivity contribution in [1.82, 2.24) is 0 Å². The maximum Gasteiger partial charge on any atom is 0.316 e. The van der Waals surface area contributed by atoms with Gasteiger partial charge in [-0.3, -0.25) is 14.4 Å². The van der Waals surface area contributed by atoms with Crippen LogP contribution in [0, 0.1) is 34.0 Å². The lowest BCUT2D eigenvalue weighted by molar-refractivity contribution is -0.190. The molecule has 6 aliphatic rings. The number of esters is 2. The first-order valence-corrected chi connectivity index (χ1v) is 12.3. The quantitative estimate of drug-likeness (QED) is 0.466. The minimum Gasteiger partial charge on any atom is -0.469 e. The predicted molar refractivity (Wildman–Crippen MR) is 123 cm³/mol. The summed E-state index contributed by atoms with van der Waals surface area (Å²) in [5.74, 6) is -1.23. The van der Waals surface area contributed by atoms with Crippen molar-refractivity contribution >= 4 is 17.7 Å². The maximum absolute atomic E-state index is 13.7. The fourth-order valence-corrected chi connectivity index (χ4v) is 8.67. The van der Waals surface area contributed by atoms with Crippen molar-refractivity contribution in [1.29, 1.82) is 0 Å². The highest BCUT2D eigenvalue weighted by molar-refractivity contribution is 6.00. The highest BCUT2D eigenvalue weighted by atomic mass is 16.6. The number of ketones is 1. The molecule has 0 aromatic rings. The van der Waals surface area contributed by atoms with Crippen molar-refractivity contribution in [2.75, 3.05) is 7.11 Å². The molecule has 3 fully saturated rings. The van der Waals surface area contributed by atoms with Gasteiger partial charge in [0, 0.05) is 22.7 Å². The Labute approximate surface area is 200 Å². The van der Waals surface area contributed by atoms with Crippen LogP contribution in [0.2, 0.25) is 0 Å². The number of ether oxygens (including phenoxy) is 3. The van der Waals surface area contributed by atoms with E-state index in [1.54, 1.807) is 6.08 Å². The second-order valence-corrected chi connectivity index (χ2v) is 11.5. The van der Waals surface area contributed by atoms with E-state index in [0.29, 0.717) is 0 Å². The normalized spacial score (nSPS) is 48.0. The van der Waals surface area contributed by atoms with E-state index in [4.69, 9.17) is 14.2 Å². The molecule has 0 amide bonds. The van der Waals surface area contributed by atoms with Crippen LogP contribution < -0.4 is 0 Å². The topological polar surface area (TPSA) is 78.9 Å². The van der Waals surface area contributed by atoms with Crippen LogP contribution in [0.25, 0.3) is 0 Å². The maximum atomic E-state index is 13.7. The van der Waals surface area contributed by atoms with E-state index in [1.165, 1.54) is 29.9 Å². The Balaban J connectivity index is 1.57. The first-order valence-electron chi connectivity index (χ1n) is 12.3. The number of methoxy groups -OCH3 is 1. The first-order chi connectivity index (χ1) is 16.1. The van der Waals surface area contributed by atoms with Crippen molar-refractivity contribution in [2.45, 2.75) is 65.3 Å². The summed E-state index contributed by atoms with van der Waals surface area (Å²) in [7, 11) is 1.38. The molecule has 6 rings (SSSR count). The van der Waals surface area contributed by atoms with E-state index >= 15 is 0 Å². The Bertz CT molecular complexity index is 1140. The second kappa shape index (κ2) is 6.81. The number of hydrogen-bond acceptors (Lipinski definition) is 6. The van der Waals surface area contributed by atoms with Gasteiger partial charge in [0.05, 0.1) is 25.0 Å². The molecule has 0 bridgehead atoms. The van der Waals surface area contributed by atoms with Crippen molar-refractivity contribution in [2.24, 2.45) is 34.0 Å². The van der Waals surface area contributed by atoms with Gasteiger partial charge in [0.15, 0.2) is 5.78 Å². The highest BCUT2D eigenvalue weighted by Crippen LogP contribution is 2.71. The molecule has 0 radical (unpaired) electrons. The Morgan fingerprint density at radius 1 is 1.18 bits per heavy atom. The zero-order chi connectivity index (χ0) is 24.2. The van der Waals surface area contributed by atoms with Crippen molar-refractivity contribution in [3.8, 4) is 0 Å². The highest BCUT2D eigenvalue weighted by Gasteiger charge is 2.77. The van der Waals surface area contributed by atoms with Gasteiger partial charge in [0.25, 0.3) is 0 Å². The Morgan fingerprint density at radius 3 is 2.62 bits per heavy atom. The number of rotatable bonds is 3. The molecular weight excluding hydrogens is 432 g/mol. The van der Waals surface area contributed by atoms with E-state index in [2.05, 4.69) is 32.1 Å². The van der Waals surface area contributed by atoms with Gasteiger partial charge >= 0.3 is 11.9 Å². The molecule has 0 unspecified atom stereocenters. The number of carbonyl (C=O) groups is 3. The van der Waals surface area contributed by atoms with Crippen LogP contribution in [-0.2, 0) is 28.6 Å². The summed E-state index contributed by atoms with van der Waals surface area (Å²) < 4.78 is 18.0. The lowest BCUT2D eigenvalue weighted by atomic mass is 9.42. The minimum absolute atomic E-state index is 0.0514. The molecule has 2 heterocycles. The Kier molecular flexibility index (Phi) is 4.41. The van der Waals surface area contributed by atoms with Gasteiger partial charge in [0.2, 0.25) is 0 Å². The molecule has 2 aliphatic heterocycles. The summed E-state index contributed by atoms with van der Waals surface area (Å²) in [5.41, 5.74) is 1.23. The van der Waals surface area contributed by atoms with E-state index in [1.807, 2.05) is 13.8 Å². The molecule has 1 saturated carbocycles. The summed E-state index contributed by atoms with van der Waals surface area (Å²) in [5, 5.41) is 0. The van der Waals surface area contributed by atoms with Gasteiger partial charge in [-0.15, -0.1) is 0 Å². The number of fused-ring (bicyclic) bond motifs is 4. The molecule has 2 saturated heterocycles. The van der Waals surface area contributed by atoms with E-state index in [-0.39, 0.29) is 42.1 Å². The van der Waals surface area contributed by atoms with Crippen LogP contribution in [-0.4, -0.2) is 43.1 Å². The largest absolute Gasteiger partial charge is 0.469 e. The van der Waals surface area contributed by atoms with Crippen LogP contribution in [0.5, 0.6) is 0 Å². The molecule has 4 aliphatic carbocycles. The third-order valence-corrected chi connectivity index (χ3v) is 10.2. The third kappa shape index (κ3) is 2.38. The molecule has 6 heteroatoms. The summed E-state index contributed by atoms with van der Waals surface area (Å²) in [4.78, 5) is 39.7. The third-order valence-electron chi connectivity index (χ3n) is 10.2. The Hall–Kier alpha value is -2.47. The SMILES string of the molecule is COC(=O)C[C@H]1[C@]2(C)C3=C(C)[C@H](C4=CCC=C4)C[C@H]3O[C@@H]2[C@@H]2OC(=O)[C@]3(C)C=CC(=O)[C@@]1(C)[C@@H]23. The lowest BCUT2D eigenvalue weighted by Crippen LogP contribution is -2.66. The second-order valence-electron chi connectivity index (χ2n) is 11.5. The Morgan fingerprint density at radius 2 is 1.94 bits per heavy atom. The molecule has 180 valence electrons. The molecular formula is C28H32O6. The van der Waals surface area contributed by atoms with Crippen molar-refractivity contribution < 1.29 is 28.6 Å². The molecule has 0 N–H and O–H groups in total. The minimum atomic E-state index is -0.962. The molecule has 0 spiro atoms. The van der Waals surface area contributed by atoms with Crippen LogP contribution >= 0.6 is 0 Å². The average molecular weight is 465 g/mol. The predicted octanol–water partition coefficient (Wildman–Crippen LogP) is 3.87. The van der Waals surface area contributed by atoms with Crippen molar-refractivity contribution in [3.05, 3.63) is 47.1 Å². The van der Waals surface area contributed by atoms with E-state index in [0.717, 1.165) is 12.8 Å². The van der Waals surface area contributed by atoms with Gasteiger partial charge in [-0.25, -0.2) is 0 Å². The zero-order valence-corrected chi connectivity index (χ0v) is 20.4. The number of allylic oxidation sites excluding steroid dienone is 6. The summed E-state index contributed by atoms with van der Waals surface area (Å²) in [6.07, 6.45) is 10.7. The fraction of sp³-hybridized carbons (Fsp3) is 0.607. The smallest absolute Gasteiger partial charge is 0.316 e. The summed E-state index contributed by atoms with van der Waals surface area (Å²) in [6.45, 7) is 8.08. The number of hydrogen-bond donors (Lipinski definition) is 0. The van der Waals surface area contributed by atoms with Crippen LogP contribution in [0.15, 0.2) is 47.1 Å². The monoisotopic (exact) mass is 464 g/mol. The van der Waals surface area contributed by atoms with Gasteiger partial charge in [-0.1, -0.05) is 43.7 Å². The zero-order valence-electron chi connectivity index (χ0n) is 20.4. The van der Waals surface area contributed by atoms with Gasteiger partial charge in [-0.2, -0.15) is 0 Å². The summed E-state index contributed by atoms with van der Waals surface area (Å²) in [6, 6.07) is 0. The van der Waals surface area contributed by atoms with Crippen LogP contribution in [0.3, 0.4) is 0 Å². The standard InChI is InChI=1S/C28H32O6/c1-14-16(15-8-6-7-9-15)12-17-21(14)28(4)18(13-20(30)32-5)27(3)19(29)10-11-26(2)23(27)22(24(28)33-17)34-25(26)31/h6,8-11,16-18,22-24H,7,12-13H2,1-5H3/t16-,17-,18-,22-,23+,24-,26-,27+,28-/m1/s1. The van der Waals surface area contributed by atoms with Gasteiger partial charge < -0.3 is 14.2 Å². The molecule has 34 heavy (non-hydrogen) atoms. The lowest BCUT2D eigenvalue weighted by Gasteiger charge is -2.59.